The molecule has 1 aliphatic carbocycles. The Morgan fingerprint density at radius 2 is 1.50 bits per heavy atom. The van der Waals surface area contributed by atoms with Crippen LogP contribution in [-0.2, 0) is 29.2 Å². The fourth-order valence-corrected chi connectivity index (χ4v) is 2.74. The average Bonchev–Trinajstić information content (AvgIpc) is 2.49. The highest BCUT2D eigenvalue weighted by Gasteiger charge is 2.66. The Hall–Kier alpha value is -1.50. The van der Waals surface area contributed by atoms with E-state index >= 15 is 0 Å². The van der Waals surface area contributed by atoms with Crippen LogP contribution in [0.5, 0.6) is 0 Å². The summed E-state index contributed by atoms with van der Waals surface area (Å²) in [5, 5.41) is -5.80. The van der Waals surface area contributed by atoms with Gasteiger partial charge in [0.15, 0.2) is 0 Å². The van der Waals surface area contributed by atoms with Crippen molar-refractivity contribution in [3.8, 4) is 0 Å². The third-order valence-corrected chi connectivity index (χ3v) is 4.48. The third kappa shape index (κ3) is 6.34. The lowest BCUT2D eigenvalue weighted by atomic mass is 9.98. The largest absolute Gasteiger partial charge is 0.462 e. The van der Waals surface area contributed by atoms with Gasteiger partial charge in [-0.25, -0.2) is 0 Å². The third-order valence-electron chi connectivity index (χ3n) is 3.58. The highest BCUT2D eigenvalue weighted by molar-refractivity contribution is 7.86. The predicted molar refractivity (Wildman–Crippen MR) is 74.6 cm³/mol. The molecule has 26 heavy (non-hydrogen) atoms. The molecule has 0 aromatic heterocycles. The standard InChI is InChI=1S/C13H17F5O7S/c14-12(15,16)11(13(17,18)26(21,22)23)25-10(20)7-6-9(19)24-8-4-2-1-3-5-8/h8,11H,1-7H2,(H,21,22,23). The normalized spacial score (nSPS) is 18.2. The van der Waals surface area contributed by atoms with Gasteiger partial charge in [-0.15, -0.1) is 0 Å². The molecule has 1 aliphatic rings. The molecule has 0 spiro atoms. The van der Waals surface area contributed by atoms with Gasteiger partial charge in [0.25, 0.3) is 6.10 Å². The van der Waals surface area contributed by atoms with E-state index in [0.717, 1.165) is 19.3 Å². The topological polar surface area (TPSA) is 107 Å². The SMILES string of the molecule is O=C(CCC(=O)OC(C(F)(F)F)C(F)(F)S(=O)(=O)O)OC1CCCCC1. The Bertz CT molecular complexity index is 611. The van der Waals surface area contributed by atoms with E-state index in [1.165, 1.54) is 0 Å². The van der Waals surface area contributed by atoms with Gasteiger partial charge >= 0.3 is 33.5 Å². The molecule has 152 valence electrons. The predicted octanol–water partition coefficient (Wildman–Crippen LogP) is 2.60. The van der Waals surface area contributed by atoms with Gasteiger partial charge in [-0.3, -0.25) is 14.1 Å². The number of halogens is 5. The Morgan fingerprint density at radius 1 is 1.00 bits per heavy atom. The van der Waals surface area contributed by atoms with Crippen molar-refractivity contribution in [3.05, 3.63) is 0 Å². The van der Waals surface area contributed by atoms with Crippen LogP contribution in [0.15, 0.2) is 0 Å². The molecule has 1 unspecified atom stereocenters. The zero-order valence-corrected chi connectivity index (χ0v) is 14.1. The fraction of sp³-hybridized carbons (Fsp3) is 0.846. The van der Waals surface area contributed by atoms with Gasteiger partial charge in [0.1, 0.15) is 6.10 Å². The Labute approximate surface area is 145 Å². The van der Waals surface area contributed by atoms with E-state index in [4.69, 9.17) is 9.29 Å². The van der Waals surface area contributed by atoms with Gasteiger partial charge in [0.2, 0.25) is 0 Å². The van der Waals surface area contributed by atoms with Crippen LogP contribution in [0.2, 0.25) is 0 Å². The summed E-state index contributed by atoms with van der Waals surface area (Å²) in [7, 11) is -6.50. The van der Waals surface area contributed by atoms with E-state index in [1.54, 1.807) is 0 Å². The number of hydrogen-bond donors (Lipinski definition) is 1. The minimum atomic E-state index is -6.50. The molecule has 0 amide bonds. The molecule has 0 bridgehead atoms. The number of alkyl halides is 5. The molecule has 7 nitrogen and oxygen atoms in total. The lowest BCUT2D eigenvalue weighted by molar-refractivity contribution is -0.259. The summed E-state index contributed by atoms with van der Waals surface area (Å²) < 4.78 is 102. The first kappa shape index (κ1) is 22.5. The Morgan fingerprint density at radius 3 is 1.96 bits per heavy atom. The zero-order chi connectivity index (χ0) is 20.2. The maximum Gasteiger partial charge on any atom is 0.432 e. The van der Waals surface area contributed by atoms with Crippen LogP contribution in [0.25, 0.3) is 0 Å². The fourth-order valence-electron chi connectivity index (χ4n) is 2.28. The number of hydrogen-bond acceptors (Lipinski definition) is 6. The molecule has 0 heterocycles. The summed E-state index contributed by atoms with van der Waals surface area (Å²) in [6, 6.07) is 0. The molecule has 1 saturated carbocycles. The van der Waals surface area contributed by atoms with E-state index in [0.29, 0.717) is 12.8 Å². The van der Waals surface area contributed by atoms with Gasteiger partial charge in [-0.1, -0.05) is 6.42 Å². The summed E-state index contributed by atoms with van der Waals surface area (Å²) >= 11 is 0. The van der Waals surface area contributed by atoms with Crippen LogP contribution in [0.1, 0.15) is 44.9 Å². The molecule has 0 aromatic carbocycles. The summed E-state index contributed by atoms with van der Waals surface area (Å²) in [6.07, 6.45) is -8.67. The van der Waals surface area contributed by atoms with Gasteiger partial charge in [-0.2, -0.15) is 30.4 Å². The van der Waals surface area contributed by atoms with Crippen molar-refractivity contribution in [2.75, 3.05) is 0 Å². The van der Waals surface area contributed by atoms with Gasteiger partial charge < -0.3 is 9.47 Å². The highest BCUT2D eigenvalue weighted by Crippen LogP contribution is 2.38. The Balaban J connectivity index is 2.63. The van der Waals surface area contributed by atoms with Crippen LogP contribution >= 0.6 is 0 Å². The van der Waals surface area contributed by atoms with Gasteiger partial charge in [0.05, 0.1) is 12.8 Å². The van der Waals surface area contributed by atoms with E-state index < -0.39 is 52.4 Å². The number of esters is 2. The molecule has 0 saturated heterocycles. The summed E-state index contributed by atoms with van der Waals surface area (Å²) in [4.78, 5) is 22.8. The number of carbonyl (C=O) groups excluding carboxylic acids is 2. The molecule has 0 aliphatic heterocycles. The maximum absolute atomic E-state index is 13.2. The van der Waals surface area contributed by atoms with Crippen molar-refractivity contribution in [1.82, 2.24) is 0 Å². The second-order valence-corrected chi connectivity index (χ2v) is 7.19. The highest BCUT2D eigenvalue weighted by atomic mass is 32.2. The number of rotatable bonds is 7. The quantitative estimate of drug-likeness (QED) is 0.389. The van der Waals surface area contributed by atoms with Crippen LogP contribution in [0.3, 0.4) is 0 Å². The van der Waals surface area contributed by atoms with Crippen molar-refractivity contribution < 1.29 is 54.0 Å². The van der Waals surface area contributed by atoms with Gasteiger partial charge in [-0.05, 0) is 25.7 Å². The summed E-state index contributed by atoms with van der Waals surface area (Å²) in [6.45, 7) is 0. The smallest absolute Gasteiger partial charge is 0.432 e. The molecule has 1 atom stereocenters. The van der Waals surface area contributed by atoms with Gasteiger partial charge in [0, 0.05) is 0 Å². The second-order valence-electron chi connectivity index (χ2n) is 5.70. The molecular weight excluding hydrogens is 395 g/mol. The van der Waals surface area contributed by atoms with Crippen molar-refractivity contribution in [2.45, 2.75) is 68.6 Å². The second kappa shape index (κ2) is 8.46. The average molecular weight is 412 g/mol. The summed E-state index contributed by atoms with van der Waals surface area (Å²) in [5.41, 5.74) is 0. The molecule has 1 N–H and O–H groups in total. The first-order chi connectivity index (χ1) is 11.7. The molecule has 0 aromatic rings. The zero-order valence-electron chi connectivity index (χ0n) is 13.3. The van der Waals surface area contributed by atoms with Crippen LogP contribution in [0.4, 0.5) is 22.0 Å². The van der Waals surface area contributed by atoms with Crippen molar-refractivity contribution in [2.24, 2.45) is 0 Å². The first-order valence-electron chi connectivity index (χ1n) is 7.55. The maximum atomic E-state index is 13.2. The van der Waals surface area contributed by atoms with E-state index in [9.17, 15) is 40.0 Å². The monoisotopic (exact) mass is 412 g/mol. The summed E-state index contributed by atoms with van der Waals surface area (Å²) in [5.74, 6) is -2.81. The molecule has 13 heteroatoms. The van der Waals surface area contributed by atoms with Crippen molar-refractivity contribution in [1.29, 1.82) is 0 Å². The van der Waals surface area contributed by atoms with Crippen molar-refractivity contribution in [3.63, 3.8) is 0 Å². The van der Waals surface area contributed by atoms with E-state index in [2.05, 4.69) is 4.74 Å². The van der Waals surface area contributed by atoms with Crippen LogP contribution < -0.4 is 0 Å². The molecular formula is C13H17F5O7S. The molecule has 1 rings (SSSR count). The van der Waals surface area contributed by atoms with Crippen LogP contribution in [0, 0.1) is 0 Å². The van der Waals surface area contributed by atoms with E-state index in [1.807, 2.05) is 0 Å². The minimum Gasteiger partial charge on any atom is -0.462 e. The molecule has 0 radical (unpaired) electrons. The van der Waals surface area contributed by atoms with Crippen LogP contribution in [-0.4, -0.2) is 48.5 Å². The lowest BCUT2D eigenvalue weighted by Crippen LogP contribution is -2.52. The van der Waals surface area contributed by atoms with Crippen molar-refractivity contribution >= 4 is 22.1 Å². The lowest BCUT2D eigenvalue weighted by Gasteiger charge is -2.26. The van der Waals surface area contributed by atoms with E-state index in [-0.39, 0.29) is 6.10 Å². The molecule has 1 fully saturated rings. The Kier molecular flexibility index (Phi) is 7.33. The number of carbonyl (C=O) groups is 2. The minimum absolute atomic E-state index is 0.376. The number of ether oxygens (including phenoxy) is 2. The first-order valence-corrected chi connectivity index (χ1v) is 8.99.